The quantitative estimate of drug-likeness (QED) is 0.355. The van der Waals surface area contributed by atoms with Gasteiger partial charge in [-0.2, -0.15) is 0 Å². The largest absolute Gasteiger partial charge is 0.454 e. The molecule has 0 radical (unpaired) electrons. The van der Waals surface area contributed by atoms with Gasteiger partial charge < -0.3 is 24.6 Å². The summed E-state index contributed by atoms with van der Waals surface area (Å²) in [4.78, 5) is 48.1. The van der Waals surface area contributed by atoms with E-state index in [1.54, 1.807) is 19.1 Å². The molecule has 4 aromatic rings. The maximum Gasteiger partial charge on any atom is 0.264 e. The van der Waals surface area contributed by atoms with Crippen LogP contribution in [0.5, 0.6) is 11.5 Å². The van der Waals surface area contributed by atoms with Crippen molar-refractivity contribution >= 4 is 50.7 Å². The number of aromatic nitrogens is 2. The third-order valence-corrected chi connectivity index (χ3v) is 9.12. The molecule has 2 aliphatic rings. The van der Waals surface area contributed by atoms with Crippen LogP contribution in [0.25, 0.3) is 10.2 Å². The zero-order valence-corrected chi connectivity index (χ0v) is 24.2. The molecule has 10 nitrogen and oxygen atoms in total. The number of ether oxygens (including phenoxy) is 2. The normalized spacial score (nSPS) is 15.0. The van der Waals surface area contributed by atoms with Crippen LogP contribution in [0.3, 0.4) is 0 Å². The number of anilines is 1. The van der Waals surface area contributed by atoms with Crippen LogP contribution in [-0.4, -0.2) is 59.2 Å². The summed E-state index contributed by atoms with van der Waals surface area (Å²) in [5.74, 6) is 1.08. The number of rotatable bonds is 6. The minimum Gasteiger partial charge on any atom is -0.454 e. The Morgan fingerprint density at radius 2 is 1.88 bits per heavy atom. The Labute approximate surface area is 245 Å². The monoisotopic (exact) mass is 594 g/mol. The number of hydrogen-bond acceptors (Lipinski definition) is 7. The molecule has 0 saturated carbocycles. The SMILES string of the molecule is Cc1ccc(NC(=O)Cn2cnc3sc(C(=O)N4CC[NH+](Cc5ccc6c(c5)OCO6)CC4)c(C)c3c2=O)cc1Cl. The van der Waals surface area contributed by atoms with Crippen LogP contribution in [0.1, 0.15) is 26.4 Å². The molecule has 41 heavy (non-hydrogen) atoms. The van der Waals surface area contributed by atoms with Gasteiger partial charge in [0.25, 0.3) is 11.5 Å². The zero-order valence-electron chi connectivity index (χ0n) is 22.7. The summed E-state index contributed by atoms with van der Waals surface area (Å²) >= 11 is 7.37. The number of fused-ring (bicyclic) bond motifs is 2. The molecule has 1 saturated heterocycles. The number of amides is 2. The molecular formula is C29H29ClN5O5S+. The maximum atomic E-state index is 13.5. The van der Waals surface area contributed by atoms with Crippen LogP contribution in [0.2, 0.25) is 5.02 Å². The average Bonchev–Trinajstić information content (AvgIpc) is 3.56. The fraction of sp³-hybridized carbons (Fsp3) is 0.310. The Hall–Kier alpha value is -3.93. The minimum atomic E-state index is -0.376. The first-order chi connectivity index (χ1) is 19.8. The molecule has 2 aromatic carbocycles. The molecule has 12 heteroatoms. The molecule has 1 fully saturated rings. The van der Waals surface area contributed by atoms with E-state index in [0.29, 0.717) is 44.5 Å². The summed E-state index contributed by atoms with van der Waals surface area (Å²) in [7, 11) is 0. The Bertz CT molecular complexity index is 1730. The molecule has 0 unspecified atom stereocenters. The first kappa shape index (κ1) is 27.3. The van der Waals surface area contributed by atoms with Crippen molar-refractivity contribution in [2.45, 2.75) is 26.9 Å². The van der Waals surface area contributed by atoms with Crippen molar-refractivity contribution in [1.82, 2.24) is 14.5 Å². The van der Waals surface area contributed by atoms with E-state index in [4.69, 9.17) is 21.1 Å². The highest BCUT2D eigenvalue weighted by Crippen LogP contribution is 2.32. The summed E-state index contributed by atoms with van der Waals surface area (Å²) in [6, 6.07) is 11.2. The Morgan fingerprint density at radius 1 is 1.10 bits per heavy atom. The van der Waals surface area contributed by atoms with Crippen LogP contribution < -0.4 is 25.2 Å². The van der Waals surface area contributed by atoms with Crippen molar-refractivity contribution in [3.63, 3.8) is 0 Å². The van der Waals surface area contributed by atoms with E-state index in [0.717, 1.165) is 36.7 Å². The highest BCUT2D eigenvalue weighted by molar-refractivity contribution is 7.20. The van der Waals surface area contributed by atoms with Crippen molar-refractivity contribution < 1.29 is 24.0 Å². The molecule has 0 bridgehead atoms. The second-order valence-corrected chi connectivity index (χ2v) is 11.7. The number of benzene rings is 2. The van der Waals surface area contributed by atoms with Gasteiger partial charge in [0.05, 0.1) is 42.8 Å². The number of piperazine rings is 1. The lowest BCUT2D eigenvalue weighted by atomic mass is 10.1. The maximum absolute atomic E-state index is 13.5. The minimum absolute atomic E-state index is 0.0902. The third-order valence-electron chi connectivity index (χ3n) is 7.53. The topological polar surface area (TPSA) is 107 Å². The number of carbonyl (C=O) groups excluding carboxylic acids is 2. The third kappa shape index (κ3) is 5.52. The Morgan fingerprint density at radius 3 is 2.66 bits per heavy atom. The molecule has 2 amide bonds. The molecule has 2 N–H and O–H groups in total. The van der Waals surface area contributed by atoms with Gasteiger partial charge >= 0.3 is 0 Å². The van der Waals surface area contributed by atoms with Gasteiger partial charge in [-0.25, -0.2) is 4.98 Å². The van der Waals surface area contributed by atoms with Crippen LogP contribution in [0, 0.1) is 13.8 Å². The number of quaternary nitrogens is 1. The van der Waals surface area contributed by atoms with Crippen LogP contribution in [0.4, 0.5) is 5.69 Å². The summed E-state index contributed by atoms with van der Waals surface area (Å²) in [5, 5.41) is 3.68. The van der Waals surface area contributed by atoms with E-state index in [-0.39, 0.29) is 30.7 Å². The second-order valence-electron chi connectivity index (χ2n) is 10.3. The number of nitrogens with one attached hydrogen (secondary N) is 2. The number of halogens is 1. The lowest BCUT2D eigenvalue weighted by molar-refractivity contribution is -0.917. The first-order valence-corrected chi connectivity index (χ1v) is 14.5. The van der Waals surface area contributed by atoms with Gasteiger partial charge in [0, 0.05) is 16.3 Å². The number of hydrogen-bond donors (Lipinski definition) is 2. The summed E-state index contributed by atoms with van der Waals surface area (Å²) < 4.78 is 12.2. The Balaban J connectivity index is 1.11. The van der Waals surface area contributed by atoms with E-state index in [1.807, 2.05) is 30.0 Å². The highest BCUT2D eigenvalue weighted by atomic mass is 35.5. The Kier molecular flexibility index (Phi) is 7.41. The van der Waals surface area contributed by atoms with Gasteiger partial charge in [-0.1, -0.05) is 17.7 Å². The van der Waals surface area contributed by atoms with Crippen molar-refractivity contribution in [1.29, 1.82) is 0 Å². The molecule has 2 aromatic heterocycles. The van der Waals surface area contributed by atoms with Gasteiger partial charge in [-0.3, -0.25) is 19.0 Å². The van der Waals surface area contributed by atoms with E-state index in [1.165, 1.54) is 32.7 Å². The van der Waals surface area contributed by atoms with Crippen LogP contribution in [-0.2, 0) is 17.9 Å². The van der Waals surface area contributed by atoms with E-state index in [9.17, 15) is 14.4 Å². The fourth-order valence-electron chi connectivity index (χ4n) is 5.19. The van der Waals surface area contributed by atoms with Crippen molar-refractivity contribution in [2.24, 2.45) is 0 Å². The molecule has 0 aliphatic carbocycles. The highest BCUT2D eigenvalue weighted by Gasteiger charge is 2.29. The standard InChI is InChI=1S/C29H28ClN5O5S/c1-17-3-5-20(12-21(17)30)32-24(36)14-35-15-31-27-25(28(35)37)18(2)26(41-27)29(38)34-9-7-33(8-10-34)13-19-4-6-22-23(11-19)40-16-39-22/h3-6,11-12,15H,7-10,13-14,16H2,1-2H3,(H,32,36)/p+1. The van der Waals surface area contributed by atoms with E-state index in [2.05, 4.69) is 16.4 Å². The first-order valence-electron chi connectivity index (χ1n) is 13.3. The molecule has 0 spiro atoms. The summed E-state index contributed by atoms with van der Waals surface area (Å²) in [5.41, 5.74) is 2.87. The van der Waals surface area contributed by atoms with Gasteiger partial charge in [0.1, 0.15) is 17.9 Å². The van der Waals surface area contributed by atoms with Gasteiger partial charge in [-0.15, -0.1) is 11.3 Å². The molecule has 4 heterocycles. The lowest BCUT2D eigenvalue weighted by Crippen LogP contribution is -3.13. The van der Waals surface area contributed by atoms with Gasteiger partial charge in [-0.05, 0) is 55.3 Å². The molecule has 6 rings (SSSR count). The van der Waals surface area contributed by atoms with Crippen molar-refractivity contribution in [3.05, 3.63) is 79.7 Å². The second kappa shape index (κ2) is 11.2. The van der Waals surface area contributed by atoms with E-state index >= 15 is 0 Å². The lowest BCUT2D eigenvalue weighted by Gasteiger charge is -2.32. The van der Waals surface area contributed by atoms with Crippen molar-refractivity contribution in [3.8, 4) is 11.5 Å². The summed E-state index contributed by atoms with van der Waals surface area (Å²) in [6.45, 7) is 7.41. The van der Waals surface area contributed by atoms with Crippen LogP contribution >= 0.6 is 22.9 Å². The molecule has 212 valence electrons. The fourth-order valence-corrected chi connectivity index (χ4v) is 6.48. The predicted molar refractivity (Wildman–Crippen MR) is 156 cm³/mol. The number of thiophene rings is 1. The van der Waals surface area contributed by atoms with E-state index < -0.39 is 0 Å². The van der Waals surface area contributed by atoms with Gasteiger partial charge in [0.15, 0.2) is 11.5 Å². The molecular weight excluding hydrogens is 566 g/mol. The zero-order chi connectivity index (χ0) is 28.7. The van der Waals surface area contributed by atoms with Crippen molar-refractivity contribution in [2.75, 3.05) is 38.3 Å². The number of aryl methyl sites for hydroxylation is 2. The number of carbonyl (C=O) groups is 2. The molecule has 0 atom stereocenters. The van der Waals surface area contributed by atoms with Gasteiger partial charge in [0.2, 0.25) is 12.7 Å². The smallest absolute Gasteiger partial charge is 0.264 e. The predicted octanol–water partition coefficient (Wildman–Crippen LogP) is 2.64. The summed E-state index contributed by atoms with van der Waals surface area (Å²) in [6.07, 6.45) is 1.36. The number of nitrogens with zero attached hydrogens (tertiary/aromatic N) is 3. The molecule has 2 aliphatic heterocycles. The average molecular weight is 595 g/mol. The van der Waals surface area contributed by atoms with Crippen LogP contribution in [0.15, 0.2) is 47.5 Å².